The maximum absolute atomic E-state index is 11.0. The van der Waals surface area contributed by atoms with Crippen LogP contribution in [0.3, 0.4) is 0 Å². The smallest absolute Gasteiger partial charge is 0.339 e. The molecule has 0 aliphatic carbocycles. The second kappa shape index (κ2) is 7.00. The van der Waals surface area contributed by atoms with Crippen molar-refractivity contribution in [2.24, 2.45) is 0 Å². The lowest BCUT2D eigenvalue weighted by Gasteiger charge is -2.09. The molecule has 0 bridgehead atoms. The summed E-state index contributed by atoms with van der Waals surface area (Å²) in [6.45, 7) is 0.301. The molecule has 0 atom stereocenters. The molecule has 0 spiro atoms. The van der Waals surface area contributed by atoms with E-state index in [0.29, 0.717) is 29.7 Å². The average molecular weight is 316 g/mol. The Bertz CT molecular complexity index is 448. The first-order chi connectivity index (χ1) is 8.54. The molecular weight excluding hydrogens is 302 g/mol. The fourth-order valence-electron chi connectivity index (χ4n) is 1.34. The molecule has 0 radical (unpaired) electrons. The fourth-order valence-corrected chi connectivity index (χ4v) is 1.70. The minimum absolute atomic E-state index is 0.0622. The minimum atomic E-state index is -1.04. The summed E-state index contributed by atoms with van der Waals surface area (Å²) in [7, 11) is 1.57. The number of aromatic carboxylic acids is 1. The van der Waals surface area contributed by atoms with Crippen molar-refractivity contribution >= 4 is 27.8 Å². The Morgan fingerprint density at radius 2 is 2.17 bits per heavy atom. The zero-order valence-corrected chi connectivity index (χ0v) is 11.5. The molecule has 0 aliphatic heterocycles. The van der Waals surface area contributed by atoms with Gasteiger partial charge < -0.3 is 15.2 Å². The molecule has 5 nitrogen and oxygen atoms in total. The van der Waals surface area contributed by atoms with Crippen molar-refractivity contribution in [3.8, 4) is 5.75 Å². The summed E-state index contributed by atoms with van der Waals surface area (Å²) >= 11 is 3.20. The Hall–Kier alpha value is -1.56. The SMILES string of the molecule is CNC(=O)CCCOc1ccc(Br)cc1C(=O)O. The molecule has 0 aliphatic rings. The monoisotopic (exact) mass is 315 g/mol. The van der Waals surface area contributed by atoms with E-state index in [2.05, 4.69) is 21.2 Å². The van der Waals surface area contributed by atoms with Gasteiger partial charge in [-0.3, -0.25) is 4.79 Å². The highest BCUT2D eigenvalue weighted by molar-refractivity contribution is 9.10. The quantitative estimate of drug-likeness (QED) is 0.788. The van der Waals surface area contributed by atoms with Gasteiger partial charge >= 0.3 is 5.97 Å². The summed E-state index contributed by atoms with van der Waals surface area (Å²) in [5.41, 5.74) is 0.101. The summed E-state index contributed by atoms with van der Waals surface area (Å²) in [6, 6.07) is 4.78. The van der Waals surface area contributed by atoms with Crippen molar-refractivity contribution in [3.05, 3.63) is 28.2 Å². The van der Waals surface area contributed by atoms with Crippen LogP contribution in [0.4, 0.5) is 0 Å². The van der Waals surface area contributed by atoms with Crippen molar-refractivity contribution in [2.45, 2.75) is 12.8 Å². The second-order valence-electron chi connectivity index (χ2n) is 3.57. The van der Waals surface area contributed by atoms with Gasteiger partial charge in [0.25, 0.3) is 0 Å². The van der Waals surface area contributed by atoms with Gasteiger partial charge in [-0.1, -0.05) is 15.9 Å². The number of hydrogen-bond donors (Lipinski definition) is 2. The van der Waals surface area contributed by atoms with E-state index in [9.17, 15) is 9.59 Å². The lowest BCUT2D eigenvalue weighted by molar-refractivity contribution is -0.120. The van der Waals surface area contributed by atoms with E-state index in [0.717, 1.165) is 0 Å². The number of nitrogens with one attached hydrogen (secondary N) is 1. The van der Waals surface area contributed by atoms with Gasteiger partial charge in [-0.15, -0.1) is 0 Å². The van der Waals surface area contributed by atoms with Crippen molar-refractivity contribution < 1.29 is 19.4 Å². The van der Waals surface area contributed by atoms with E-state index in [1.807, 2.05) is 0 Å². The Morgan fingerprint density at radius 3 is 2.78 bits per heavy atom. The van der Waals surface area contributed by atoms with Crippen LogP contribution in [0.15, 0.2) is 22.7 Å². The van der Waals surface area contributed by atoms with Crippen LogP contribution in [0, 0.1) is 0 Å². The number of carboxylic acids is 1. The number of carbonyl (C=O) groups is 2. The summed E-state index contributed by atoms with van der Waals surface area (Å²) in [5.74, 6) is -0.798. The van der Waals surface area contributed by atoms with Gasteiger partial charge in [0.2, 0.25) is 5.91 Å². The number of hydrogen-bond acceptors (Lipinski definition) is 3. The topological polar surface area (TPSA) is 75.6 Å². The van der Waals surface area contributed by atoms with Crippen LogP contribution in [0.5, 0.6) is 5.75 Å². The zero-order chi connectivity index (χ0) is 13.5. The molecule has 0 saturated heterocycles. The van der Waals surface area contributed by atoms with Gasteiger partial charge in [-0.2, -0.15) is 0 Å². The summed E-state index contributed by atoms with van der Waals surface area (Å²) in [5, 5.41) is 11.5. The standard InChI is InChI=1S/C12H14BrNO4/c1-14-11(15)3-2-6-18-10-5-4-8(13)7-9(10)12(16)17/h4-5,7H,2-3,6H2,1H3,(H,14,15)(H,16,17). The minimum Gasteiger partial charge on any atom is -0.493 e. The summed E-state index contributed by atoms with van der Waals surface area (Å²) in [4.78, 5) is 22.0. The number of ether oxygens (including phenoxy) is 1. The van der Waals surface area contributed by atoms with E-state index < -0.39 is 5.97 Å². The van der Waals surface area contributed by atoms with E-state index in [1.54, 1.807) is 19.2 Å². The predicted octanol–water partition coefficient (Wildman–Crippen LogP) is 2.05. The first-order valence-corrected chi connectivity index (χ1v) is 6.20. The van der Waals surface area contributed by atoms with Gasteiger partial charge in [0.15, 0.2) is 0 Å². The number of carbonyl (C=O) groups excluding carboxylic acids is 1. The molecule has 0 unspecified atom stereocenters. The number of rotatable bonds is 6. The summed E-state index contributed by atoms with van der Waals surface area (Å²) in [6.07, 6.45) is 0.893. The van der Waals surface area contributed by atoms with Crippen molar-refractivity contribution in [1.82, 2.24) is 5.32 Å². The Morgan fingerprint density at radius 1 is 1.44 bits per heavy atom. The summed E-state index contributed by atoms with van der Waals surface area (Å²) < 4.78 is 6.05. The highest BCUT2D eigenvalue weighted by Crippen LogP contribution is 2.23. The Labute approximate surface area is 113 Å². The van der Waals surface area contributed by atoms with Crippen LogP contribution < -0.4 is 10.1 Å². The van der Waals surface area contributed by atoms with Crippen LogP contribution >= 0.6 is 15.9 Å². The third kappa shape index (κ3) is 4.37. The molecule has 1 rings (SSSR count). The largest absolute Gasteiger partial charge is 0.493 e. The first kappa shape index (κ1) is 14.5. The molecule has 0 saturated carbocycles. The average Bonchev–Trinajstić information content (AvgIpc) is 2.35. The predicted molar refractivity (Wildman–Crippen MR) is 69.9 cm³/mol. The van der Waals surface area contributed by atoms with Crippen LogP contribution in [0.1, 0.15) is 23.2 Å². The highest BCUT2D eigenvalue weighted by atomic mass is 79.9. The highest BCUT2D eigenvalue weighted by Gasteiger charge is 2.11. The Balaban J connectivity index is 2.56. The third-order valence-corrected chi connectivity index (χ3v) is 2.75. The van der Waals surface area contributed by atoms with Gasteiger partial charge in [-0.05, 0) is 24.6 Å². The van der Waals surface area contributed by atoms with E-state index >= 15 is 0 Å². The fraction of sp³-hybridized carbons (Fsp3) is 0.333. The molecule has 6 heteroatoms. The maximum Gasteiger partial charge on any atom is 0.339 e. The number of carboxylic acid groups (broad SMARTS) is 1. The van der Waals surface area contributed by atoms with Gasteiger partial charge in [0.1, 0.15) is 11.3 Å². The lowest BCUT2D eigenvalue weighted by Crippen LogP contribution is -2.18. The second-order valence-corrected chi connectivity index (χ2v) is 4.49. The van der Waals surface area contributed by atoms with Gasteiger partial charge in [0, 0.05) is 17.9 Å². The van der Waals surface area contributed by atoms with E-state index in [-0.39, 0.29) is 11.5 Å². The molecule has 98 valence electrons. The van der Waals surface area contributed by atoms with E-state index in [4.69, 9.17) is 9.84 Å². The van der Waals surface area contributed by atoms with Crippen molar-refractivity contribution in [3.63, 3.8) is 0 Å². The van der Waals surface area contributed by atoms with Gasteiger partial charge in [-0.25, -0.2) is 4.79 Å². The third-order valence-electron chi connectivity index (χ3n) is 2.26. The number of halogens is 1. The molecule has 18 heavy (non-hydrogen) atoms. The molecule has 1 aromatic rings. The molecule has 0 aromatic heterocycles. The van der Waals surface area contributed by atoms with Crippen molar-refractivity contribution in [2.75, 3.05) is 13.7 Å². The van der Waals surface area contributed by atoms with Crippen LogP contribution in [-0.2, 0) is 4.79 Å². The molecule has 2 N–H and O–H groups in total. The maximum atomic E-state index is 11.0. The molecule has 0 heterocycles. The zero-order valence-electron chi connectivity index (χ0n) is 9.90. The molecule has 1 amide bonds. The number of amides is 1. The molecule has 1 aromatic carbocycles. The van der Waals surface area contributed by atoms with Crippen LogP contribution in [0.25, 0.3) is 0 Å². The first-order valence-electron chi connectivity index (χ1n) is 5.41. The Kier molecular flexibility index (Phi) is 5.64. The molecular formula is C12H14BrNO4. The normalized spacial score (nSPS) is 9.89. The van der Waals surface area contributed by atoms with Gasteiger partial charge in [0.05, 0.1) is 6.61 Å². The van der Waals surface area contributed by atoms with Crippen molar-refractivity contribution in [1.29, 1.82) is 0 Å². The molecule has 0 fully saturated rings. The van der Waals surface area contributed by atoms with Crippen LogP contribution in [-0.4, -0.2) is 30.6 Å². The lowest BCUT2D eigenvalue weighted by atomic mass is 10.2. The van der Waals surface area contributed by atoms with E-state index in [1.165, 1.54) is 6.07 Å². The van der Waals surface area contributed by atoms with Crippen LogP contribution in [0.2, 0.25) is 0 Å². The number of benzene rings is 1.